The zero-order chi connectivity index (χ0) is 16.3. The summed E-state index contributed by atoms with van der Waals surface area (Å²) in [6, 6.07) is 19.5. The van der Waals surface area contributed by atoms with E-state index < -0.39 is 0 Å². The molecule has 118 valence electrons. The van der Waals surface area contributed by atoms with Crippen molar-refractivity contribution in [2.75, 3.05) is 0 Å². The maximum Gasteiger partial charge on any atom is -0.00916 e. The minimum atomic E-state index is 0.405. The van der Waals surface area contributed by atoms with Crippen molar-refractivity contribution in [3.05, 3.63) is 83.5 Å². The van der Waals surface area contributed by atoms with E-state index in [4.69, 9.17) is 0 Å². The maximum atomic E-state index is 2.40. The van der Waals surface area contributed by atoms with Crippen molar-refractivity contribution in [3.63, 3.8) is 0 Å². The summed E-state index contributed by atoms with van der Waals surface area (Å²) in [6.07, 6.45) is 8.21. The third-order valence-electron chi connectivity index (χ3n) is 4.53. The van der Waals surface area contributed by atoms with Gasteiger partial charge in [0, 0.05) is 0 Å². The lowest BCUT2D eigenvalue weighted by Gasteiger charge is -2.30. The minimum Gasteiger partial charge on any atom is -0.0769 e. The van der Waals surface area contributed by atoms with Gasteiger partial charge >= 0.3 is 0 Å². The minimum absolute atomic E-state index is 0.405. The van der Waals surface area contributed by atoms with Crippen LogP contribution in [-0.2, 0) is 6.42 Å². The van der Waals surface area contributed by atoms with Crippen LogP contribution in [0.25, 0.3) is 11.1 Å². The molecule has 0 bridgehead atoms. The Labute approximate surface area is 140 Å². The fraction of sp³-hybridized carbons (Fsp3) is 0.304. The van der Waals surface area contributed by atoms with Crippen molar-refractivity contribution >= 4 is 0 Å². The van der Waals surface area contributed by atoms with Crippen molar-refractivity contribution in [1.29, 1.82) is 0 Å². The molecule has 0 nitrogen and oxygen atoms in total. The van der Waals surface area contributed by atoms with Gasteiger partial charge in [0.05, 0.1) is 0 Å². The smallest absolute Gasteiger partial charge is 0.00916 e. The fourth-order valence-electron chi connectivity index (χ4n) is 3.63. The van der Waals surface area contributed by atoms with Crippen molar-refractivity contribution in [1.82, 2.24) is 0 Å². The van der Waals surface area contributed by atoms with Crippen LogP contribution in [0.5, 0.6) is 0 Å². The van der Waals surface area contributed by atoms with Gasteiger partial charge in [0.2, 0.25) is 0 Å². The Bertz CT molecular complexity index is 712. The van der Waals surface area contributed by atoms with Gasteiger partial charge in [-0.3, -0.25) is 0 Å². The lowest BCUT2D eigenvalue weighted by Crippen LogP contribution is -2.16. The molecule has 0 heteroatoms. The average Bonchev–Trinajstić information content (AvgIpc) is 2.52. The molecule has 0 spiro atoms. The summed E-state index contributed by atoms with van der Waals surface area (Å²) in [6.45, 7) is 6.99. The van der Waals surface area contributed by atoms with Gasteiger partial charge in [0.25, 0.3) is 0 Å². The molecule has 0 radical (unpaired) electrons. The van der Waals surface area contributed by atoms with Gasteiger partial charge in [-0.1, -0.05) is 91.7 Å². The molecule has 0 amide bonds. The molecule has 1 aliphatic carbocycles. The van der Waals surface area contributed by atoms with E-state index in [0.29, 0.717) is 5.41 Å². The zero-order valence-electron chi connectivity index (χ0n) is 14.5. The molecule has 0 saturated carbocycles. The normalized spacial score (nSPS) is 18.7. The van der Waals surface area contributed by atoms with Gasteiger partial charge in [-0.25, -0.2) is 0 Å². The summed E-state index contributed by atoms with van der Waals surface area (Å²) in [5, 5.41) is 0. The van der Waals surface area contributed by atoms with Crippen LogP contribution in [0.4, 0.5) is 0 Å². The summed E-state index contributed by atoms with van der Waals surface area (Å²) in [7, 11) is 0. The maximum absolute atomic E-state index is 2.40. The molecule has 2 aromatic rings. The molecule has 23 heavy (non-hydrogen) atoms. The Hall–Kier alpha value is -2.08. The molecule has 0 fully saturated rings. The highest BCUT2D eigenvalue weighted by atomic mass is 14.3. The Morgan fingerprint density at radius 1 is 0.870 bits per heavy atom. The van der Waals surface area contributed by atoms with E-state index in [9.17, 15) is 0 Å². The van der Waals surface area contributed by atoms with E-state index in [1.807, 2.05) is 0 Å². The predicted octanol–water partition coefficient (Wildman–Crippen LogP) is 6.59. The number of hydrogen-bond acceptors (Lipinski definition) is 0. The van der Waals surface area contributed by atoms with Crippen LogP contribution >= 0.6 is 0 Å². The fourth-order valence-corrected chi connectivity index (χ4v) is 3.63. The van der Waals surface area contributed by atoms with E-state index >= 15 is 0 Å². The summed E-state index contributed by atoms with van der Waals surface area (Å²) < 4.78 is 0. The molecular formula is C23H26. The molecule has 0 atom stereocenters. The van der Waals surface area contributed by atoms with Crippen molar-refractivity contribution in [2.24, 2.45) is 5.41 Å². The van der Waals surface area contributed by atoms with Crippen molar-refractivity contribution in [3.8, 4) is 11.1 Å². The van der Waals surface area contributed by atoms with Crippen LogP contribution in [0, 0.1) is 5.41 Å². The quantitative estimate of drug-likeness (QED) is 0.600. The number of benzene rings is 2. The van der Waals surface area contributed by atoms with Crippen molar-refractivity contribution < 1.29 is 0 Å². The molecule has 0 aliphatic heterocycles. The SMILES string of the molecule is CC1=C/C(=C/Cc2ccc(-c3ccccc3)cc2)CC(C)(C)C1. The zero-order valence-corrected chi connectivity index (χ0v) is 14.5. The Balaban J connectivity index is 1.72. The molecule has 0 heterocycles. The van der Waals surface area contributed by atoms with Crippen molar-refractivity contribution in [2.45, 2.75) is 40.0 Å². The molecular weight excluding hydrogens is 276 g/mol. The summed E-state index contributed by atoms with van der Waals surface area (Å²) in [5.74, 6) is 0. The van der Waals surface area contributed by atoms with Crippen LogP contribution in [0.1, 0.15) is 39.2 Å². The van der Waals surface area contributed by atoms with Crippen LogP contribution < -0.4 is 0 Å². The van der Waals surface area contributed by atoms with Gasteiger partial charge in [0.15, 0.2) is 0 Å². The molecule has 0 N–H and O–H groups in total. The van der Waals surface area contributed by atoms with Crippen LogP contribution in [0.15, 0.2) is 77.9 Å². The summed E-state index contributed by atoms with van der Waals surface area (Å²) in [4.78, 5) is 0. The van der Waals surface area contributed by atoms with Gasteiger partial charge in [0.1, 0.15) is 0 Å². The summed E-state index contributed by atoms with van der Waals surface area (Å²) in [5.41, 5.74) is 7.35. The highest BCUT2D eigenvalue weighted by Gasteiger charge is 2.23. The van der Waals surface area contributed by atoms with Crippen LogP contribution in [0.3, 0.4) is 0 Å². The molecule has 0 saturated heterocycles. The average molecular weight is 302 g/mol. The largest absolute Gasteiger partial charge is 0.0769 e. The highest BCUT2D eigenvalue weighted by Crippen LogP contribution is 2.37. The number of hydrogen-bond donors (Lipinski definition) is 0. The highest BCUT2D eigenvalue weighted by molar-refractivity contribution is 5.63. The first-order valence-electron chi connectivity index (χ1n) is 8.52. The third-order valence-corrected chi connectivity index (χ3v) is 4.53. The number of allylic oxidation sites excluding steroid dienone is 4. The lowest BCUT2D eigenvalue weighted by atomic mass is 9.75. The first-order valence-corrected chi connectivity index (χ1v) is 8.52. The first kappa shape index (κ1) is 15.8. The van der Waals surface area contributed by atoms with E-state index in [2.05, 4.69) is 87.5 Å². The second-order valence-electron chi connectivity index (χ2n) is 7.55. The van der Waals surface area contributed by atoms with Crippen LogP contribution in [0.2, 0.25) is 0 Å². The second kappa shape index (κ2) is 6.58. The van der Waals surface area contributed by atoms with E-state index in [1.54, 1.807) is 0 Å². The van der Waals surface area contributed by atoms with Gasteiger partial charge < -0.3 is 0 Å². The lowest BCUT2D eigenvalue weighted by molar-refractivity contribution is 0.351. The second-order valence-corrected chi connectivity index (χ2v) is 7.55. The summed E-state index contributed by atoms with van der Waals surface area (Å²) >= 11 is 0. The molecule has 0 unspecified atom stereocenters. The standard InChI is InChI=1S/C23H26/c1-18-15-20(17-23(2,3)16-18)10-9-19-11-13-22(14-12-19)21-7-5-4-6-8-21/h4-8,10-15H,9,16-17H2,1-3H3/b20-10-. The Morgan fingerprint density at radius 2 is 1.52 bits per heavy atom. The Morgan fingerprint density at radius 3 is 2.17 bits per heavy atom. The monoisotopic (exact) mass is 302 g/mol. The van der Waals surface area contributed by atoms with Gasteiger partial charge in [-0.2, -0.15) is 0 Å². The van der Waals surface area contributed by atoms with E-state index in [-0.39, 0.29) is 0 Å². The first-order chi connectivity index (χ1) is 11.0. The van der Waals surface area contributed by atoms with Gasteiger partial charge in [-0.15, -0.1) is 0 Å². The molecule has 2 aromatic carbocycles. The topological polar surface area (TPSA) is 0 Å². The molecule has 1 aliphatic rings. The molecule has 3 rings (SSSR count). The van der Waals surface area contributed by atoms with E-state index in [1.165, 1.54) is 40.7 Å². The van der Waals surface area contributed by atoms with E-state index in [0.717, 1.165) is 6.42 Å². The Kier molecular flexibility index (Phi) is 4.52. The van der Waals surface area contributed by atoms with Crippen LogP contribution in [-0.4, -0.2) is 0 Å². The number of rotatable bonds is 3. The molecule has 0 aromatic heterocycles. The third kappa shape index (κ3) is 4.22. The van der Waals surface area contributed by atoms with Gasteiger partial charge in [-0.05, 0) is 48.3 Å². The predicted molar refractivity (Wildman–Crippen MR) is 100 cm³/mol.